The first kappa shape index (κ1) is 27.4. The van der Waals surface area contributed by atoms with E-state index < -0.39 is 5.82 Å². The highest BCUT2D eigenvalue weighted by Gasteiger charge is 2.13. The van der Waals surface area contributed by atoms with Crippen molar-refractivity contribution in [3.05, 3.63) is 82.3 Å². The molecule has 0 aliphatic carbocycles. The normalized spacial score (nSPS) is 11.0. The van der Waals surface area contributed by atoms with E-state index in [0.717, 1.165) is 11.6 Å². The second-order valence-corrected chi connectivity index (χ2v) is 7.96. The van der Waals surface area contributed by atoms with E-state index in [9.17, 15) is 9.18 Å². The van der Waals surface area contributed by atoms with Gasteiger partial charge in [0.15, 0.2) is 28.8 Å². The Morgan fingerprint density at radius 2 is 1.46 bits per heavy atom. The first-order valence-electron chi connectivity index (χ1n) is 11.0. The van der Waals surface area contributed by atoms with Crippen LogP contribution < -0.4 is 29.0 Å². The Morgan fingerprint density at radius 3 is 2.03 bits per heavy atom. The molecule has 0 saturated carbocycles. The number of benzene rings is 3. The summed E-state index contributed by atoms with van der Waals surface area (Å²) in [6.07, 6.45) is 6.45. The number of hydrogen-bond donors (Lipinski definition) is 1. The zero-order valence-corrected chi connectivity index (χ0v) is 21.8. The lowest BCUT2D eigenvalue weighted by molar-refractivity contribution is 0.104. The SMILES string of the molecule is COc1ccc(C(=O)C=CNc2cc(OC)c(Cl)cc2C=Cc2cc(OC)c(OC)c(OC)c2)cc1F. The van der Waals surface area contributed by atoms with Gasteiger partial charge in [0, 0.05) is 29.6 Å². The lowest BCUT2D eigenvalue weighted by Crippen LogP contribution is -1.99. The van der Waals surface area contributed by atoms with E-state index in [4.69, 9.17) is 35.3 Å². The van der Waals surface area contributed by atoms with Gasteiger partial charge in [-0.1, -0.05) is 23.8 Å². The molecule has 0 saturated heterocycles. The molecule has 0 heterocycles. The number of allylic oxidation sites excluding steroid dienone is 1. The Labute approximate surface area is 220 Å². The average molecular weight is 528 g/mol. The average Bonchev–Trinajstić information content (AvgIpc) is 2.91. The van der Waals surface area contributed by atoms with Gasteiger partial charge in [-0.05, 0) is 47.5 Å². The summed E-state index contributed by atoms with van der Waals surface area (Å²) in [6.45, 7) is 0. The van der Waals surface area contributed by atoms with E-state index in [0.29, 0.717) is 39.3 Å². The predicted octanol–water partition coefficient (Wildman–Crippen LogP) is 6.50. The maximum atomic E-state index is 14.0. The van der Waals surface area contributed by atoms with Crippen LogP contribution in [-0.4, -0.2) is 41.3 Å². The molecular formula is C28H27ClFNO6. The number of methoxy groups -OCH3 is 5. The van der Waals surface area contributed by atoms with Crippen LogP contribution in [0.2, 0.25) is 5.02 Å². The van der Waals surface area contributed by atoms with Gasteiger partial charge < -0.3 is 29.0 Å². The number of ketones is 1. The van der Waals surface area contributed by atoms with Gasteiger partial charge in [0.2, 0.25) is 5.75 Å². The van der Waals surface area contributed by atoms with Gasteiger partial charge in [-0.25, -0.2) is 4.39 Å². The molecule has 1 N–H and O–H groups in total. The molecule has 0 amide bonds. The summed E-state index contributed by atoms with van der Waals surface area (Å²) in [5, 5.41) is 3.48. The highest BCUT2D eigenvalue weighted by atomic mass is 35.5. The van der Waals surface area contributed by atoms with Crippen molar-refractivity contribution in [1.82, 2.24) is 0 Å². The zero-order chi connectivity index (χ0) is 26.9. The first-order chi connectivity index (χ1) is 17.8. The molecule has 0 fully saturated rings. The third-order valence-corrected chi connectivity index (χ3v) is 5.67. The third kappa shape index (κ3) is 6.54. The van der Waals surface area contributed by atoms with Crippen LogP contribution in [0.5, 0.6) is 28.7 Å². The van der Waals surface area contributed by atoms with Crippen LogP contribution in [-0.2, 0) is 0 Å². The smallest absolute Gasteiger partial charge is 0.203 e. The predicted molar refractivity (Wildman–Crippen MR) is 143 cm³/mol. The maximum absolute atomic E-state index is 14.0. The van der Waals surface area contributed by atoms with Crippen molar-refractivity contribution in [2.75, 3.05) is 40.9 Å². The Bertz CT molecular complexity index is 1310. The number of nitrogens with one attached hydrogen (secondary N) is 1. The fourth-order valence-electron chi connectivity index (χ4n) is 3.49. The van der Waals surface area contributed by atoms with Crippen molar-refractivity contribution in [3.63, 3.8) is 0 Å². The minimum atomic E-state index is -0.614. The second kappa shape index (κ2) is 12.7. The van der Waals surface area contributed by atoms with E-state index in [1.54, 1.807) is 26.4 Å². The Hall–Kier alpha value is -4.17. The van der Waals surface area contributed by atoms with Crippen LogP contribution in [0, 0.1) is 5.82 Å². The lowest BCUT2D eigenvalue weighted by Gasteiger charge is -2.13. The molecule has 3 aromatic carbocycles. The topological polar surface area (TPSA) is 75.3 Å². The van der Waals surface area contributed by atoms with E-state index in [2.05, 4.69) is 5.32 Å². The van der Waals surface area contributed by atoms with Crippen molar-refractivity contribution in [2.24, 2.45) is 0 Å². The van der Waals surface area contributed by atoms with Gasteiger partial charge in [-0.2, -0.15) is 0 Å². The molecule has 3 aromatic rings. The monoisotopic (exact) mass is 527 g/mol. The molecule has 7 nitrogen and oxygen atoms in total. The molecule has 3 rings (SSSR count). The molecule has 0 unspecified atom stereocenters. The van der Waals surface area contributed by atoms with Crippen molar-refractivity contribution >= 4 is 35.2 Å². The minimum absolute atomic E-state index is 0.0652. The molecule has 0 aliphatic rings. The molecule has 194 valence electrons. The second-order valence-electron chi connectivity index (χ2n) is 7.56. The lowest BCUT2D eigenvalue weighted by atomic mass is 10.1. The summed E-state index contributed by atoms with van der Waals surface area (Å²) in [5.74, 6) is 1.04. The molecule has 0 aliphatic heterocycles. The quantitative estimate of drug-likeness (QED) is 0.173. The maximum Gasteiger partial charge on any atom is 0.203 e. The van der Waals surface area contributed by atoms with Crippen LogP contribution in [0.1, 0.15) is 21.5 Å². The van der Waals surface area contributed by atoms with Crippen LogP contribution >= 0.6 is 11.6 Å². The Kier molecular flexibility index (Phi) is 9.40. The molecule has 0 spiro atoms. The molecule has 0 bridgehead atoms. The molecule has 9 heteroatoms. The summed E-state index contributed by atoms with van der Waals surface area (Å²) in [7, 11) is 7.50. The molecule has 37 heavy (non-hydrogen) atoms. The number of carbonyl (C=O) groups excluding carboxylic acids is 1. The van der Waals surface area contributed by atoms with Gasteiger partial charge in [-0.3, -0.25) is 4.79 Å². The van der Waals surface area contributed by atoms with Crippen LogP contribution in [0.15, 0.2) is 54.7 Å². The van der Waals surface area contributed by atoms with Crippen molar-refractivity contribution < 1.29 is 32.9 Å². The van der Waals surface area contributed by atoms with Gasteiger partial charge in [-0.15, -0.1) is 0 Å². The van der Waals surface area contributed by atoms with Crippen LogP contribution in [0.25, 0.3) is 12.2 Å². The number of hydrogen-bond acceptors (Lipinski definition) is 7. The Morgan fingerprint density at radius 1 is 0.811 bits per heavy atom. The Balaban J connectivity index is 1.89. The number of halogens is 2. The fraction of sp³-hybridized carbons (Fsp3) is 0.179. The first-order valence-corrected chi connectivity index (χ1v) is 11.4. The molecule has 0 radical (unpaired) electrons. The third-order valence-electron chi connectivity index (χ3n) is 5.38. The summed E-state index contributed by atoms with van der Waals surface area (Å²) < 4.78 is 40.4. The summed E-state index contributed by atoms with van der Waals surface area (Å²) in [6, 6.07) is 11.1. The standard InChI is InChI=1S/C28H27ClFNO6/c1-33-24-9-8-19(15-21(24)30)23(32)10-11-31-22-16-25(34-2)20(29)14-18(22)7-6-17-12-26(35-3)28(37-5)27(13-17)36-4/h6-16,31H,1-5H3. The van der Waals surface area contributed by atoms with Gasteiger partial charge in [0.1, 0.15) is 5.75 Å². The van der Waals surface area contributed by atoms with Crippen molar-refractivity contribution in [2.45, 2.75) is 0 Å². The highest BCUT2D eigenvalue weighted by molar-refractivity contribution is 6.32. The van der Waals surface area contributed by atoms with Gasteiger partial charge in [0.25, 0.3) is 0 Å². The molecular weight excluding hydrogens is 501 g/mol. The fourth-order valence-corrected chi connectivity index (χ4v) is 3.74. The van der Waals surface area contributed by atoms with E-state index in [1.807, 2.05) is 24.3 Å². The largest absolute Gasteiger partial charge is 0.495 e. The van der Waals surface area contributed by atoms with Crippen LogP contribution in [0.4, 0.5) is 10.1 Å². The number of rotatable bonds is 11. The van der Waals surface area contributed by atoms with Crippen molar-refractivity contribution in [1.29, 1.82) is 0 Å². The van der Waals surface area contributed by atoms with E-state index in [-0.39, 0.29) is 17.1 Å². The van der Waals surface area contributed by atoms with Crippen molar-refractivity contribution in [3.8, 4) is 28.7 Å². The van der Waals surface area contributed by atoms with E-state index in [1.165, 1.54) is 45.7 Å². The number of carbonyl (C=O) groups is 1. The summed E-state index contributed by atoms with van der Waals surface area (Å²) >= 11 is 6.36. The summed E-state index contributed by atoms with van der Waals surface area (Å²) in [5.41, 5.74) is 2.31. The highest BCUT2D eigenvalue weighted by Crippen LogP contribution is 2.39. The van der Waals surface area contributed by atoms with Crippen LogP contribution in [0.3, 0.4) is 0 Å². The van der Waals surface area contributed by atoms with Gasteiger partial charge >= 0.3 is 0 Å². The number of anilines is 1. The summed E-state index contributed by atoms with van der Waals surface area (Å²) in [4.78, 5) is 12.5. The van der Waals surface area contributed by atoms with E-state index >= 15 is 0 Å². The molecule has 0 atom stereocenters. The van der Waals surface area contributed by atoms with Gasteiger partial charge in [0.05, 0.1) is 40.6 Å². The zero-order valence-electron chi connectivity index (χ0n) is 21.1. The number of ether oxygens (including phenoxy) is 5. The minimum Gasteiger partial charge on any atom is -0.495 e. The molecule has 0 aromatic heterocycles.